The van der Waals surface area contributed by atoms with E-state index < -0.39 is 0 Å². The predicted octanol–water partition coefficient (Wildman–Crippen LogP) is 2.60. The molecule has 0 amide bonds. The minimum atomic E-state index is -0.276. The van der Waals surface area contributed by atoms with Crippen LogP contribution in [-0.4, -0.2) is 17.0 Å². The van der Waals surface area contributed by atoms with Crippen molar-refractivity contribution in [2.45, 2.75) is 13.0 Å². The second kappa shape index (κ2) is 4.45. The van der Waals surface area contributed by atoms with Crippen molar-refractivity contribution in [3.8, 4) is 0 Å². The van der Waals surface area contributed by atoms with Gasteiger partial charge < -0.3 is 9.84 Å². The molecule has 3 heteroatoms. The molecule has 0 spiro atoms. The van der Waals surface area contributed by atoms with Crippen LogP contribution in [0.2, 0.25) is 0 Å². The monoisotopic (exact) mass is 230 g/mol. The van der Waals surface area contributed by atoms with Crippen LogP contribution < -0.4 is 0 Å². The van der Waals surface area contributed by atoms with Crippen molar-refractivity contribution >= 4 is 5.78 Å². The van der Waals surface area contributed by atoms with E-state index in [0.29, 0.717) is 11.3 Å². The van der Waals surface area contributed by atoms with E-state index in [-0.39, 0.29) is 23.6 Å². The van der Waals surface area contributed by atoms with Gasteiger partial charge in [-0.15, -0.1) is 0 Å². The minimum Gasteiger partial charge on any atom is -0.508 e. The number of hydrogen-bond donors (Lipinski definition) is 1. The lowest BCUT2D eigenvalue weighted by Gasteiger charge is -2.25. The fraction of sp³-hybridized carbons (Fsp3) is 0.214. The van der Waals surface area contributed by atoms with Crippen LogP contribution >= 0.6 is 0 Å². The molecule has 0 aromatic carbocycles. The van der Waals surface area contributed by atoms with Crippen molar-refractivity contribution in [1.29, 1.82) is 0 Å². The normalized spacial score (nSPS) is 27.8. The van der Waals surface area contributed by atoms with Gasteiger partial charge >= 0.3 is 0 Å². The number of rotatable bonds is 2. The third kappa shape index (κ3) is 2.56. The summed E-state index contributed by atoms with van der Waals surface area (Å²) >= 11 is 0. The number of allylic oxidation sites excluding steroid dienone is 4. The second-order valence-electron chi connectivity index (χ2n) is 4.16. The van der Waals surface area contributed by atoms with Gasteiger partial charge in [0.15, 0.2) is 5.78 Å². The Morgan fingerprint density at radius 3 is 2.88 bits per heavy atom. The number of ketones is 1. The van der Waals surface area contributed by atoms with E-state index in [2.05, 4.69) is 6.58 Å². The SMILES string of the molecule is C=C1C=CC(=O)C=C1OC1C=C(O)C=CC1C. The summed E-state index contributed by atoms with van der Waals surface area (Å²) in [6.07, 6.45) is 9.35. The lowest BCUT2D eigenvalue weighted by Crippen LogP contribution is -2.22. The maximum atomic E-state index is 11.2. The number of ether oxygens (including phenoxy) is 1. The van der Waals surface area contributed by atoms with Crippen molar-refractivity contribution in [1.82, 2.24) is 0 Å². The summed E-state index contributed by atoms with van der Waals surface area (Å²) < 4.78 is 5.70. The molecule has 0 fully saturated rings. The molecule has 2 aliphatic rings. The first kappa shape index (κ1) is 11.5. The molecule has 0 radical (unpaired) electrons. The van der Waals surface area contributed by atoms with Gasteiger partial charge in [0.25, 0.3) is 0 Å². The molecule has 0 saturated carbocycles. The predicted molar refractivity (Wildman–Crippen MR) is 65.3 cm³/mol. The fourth-order valence-electron chi connectivity index (χ4n) is 1.67. The second-order valence-corrected chi connectivity index (χ2v) is 4.16. The molecule has 2 aliphatic carbocycles. The molecule has 2 unspecified atom stereocenters. The molecule has 1 N–H and O–H groups in total. The topological polar surface area (TPSA) is 46.5 Å². The van der Waals surface area contributed by atoms with E-state index in [4.69, 9.17) is 4.74 Å². The Balaban J connectivity index is 2.14. The van der Waals surface area contributed by atoms with Crippen molar-refractivity contribution in [3.05, 3.63) is 60.1 Å². The summed E-state index contributed by atoms with van der Waals surface area (Å²) in [5, 5.41) is 9.42. The van der Waals surface area contributed by atoms with Crippen LogP contribution in [-0.2, 0) is 9.53 Å². The molecule has 3 nitrogen and oxygen atoms in total. The standard InChI is InChI=1S/C14H14O3/c1-9-3-5-11(15)7-13(9)17-14-8-12(16)6-4-10(14)2/h3-8,10,14,16H,1H2,2H3. The van der Waals surface area contributed by atoms with Gasteiger partial charge in [-0.3, -0.25) is 4.79 Å². The van der Waals surface area contributed by atoms with Gasteiger partial charge in [-0.25, -0.2) is 0 Å². The fourth-order valence-corrected chi connectivity index (χ4v) is 1.67. The highest BCUT2D eigenvalue weighted by molar-refractivity contribution is 6.01. The van der Waals surface area contributed by atoms with Crippen LogP contribution in [0.4, 0.5) is 0 Å². The maximum Gasteiger partial charge on any atom is 0.182 e. The zero-order chi connectivity index (χ0) is 12.4. The quantitative estimate of drug-likeness (QED) is 0.793. The van der Waals surface area contributed by atoms with Crippen molar-refractivity contribution in [2.75, 3.05) is 0 Å². The van der Waals surface area contributed by atoms with Crippen LogP contribution in [0.1, 0.15) is 6.92 Å². The lowest BCUT2D eigenvalue weighted by atomic mass is 9.98. The van der Waals surface area contributed by atoms with E-state index in [1.165, 1.54) is 12.2 Å². The Labute approximate surface area is 100 Å². The van der Waals surface area contributed by atoms with E-state index >= 15 is 0 Å². The molecule has 0 saturated heterocycles. The highest BCUT2D eigenvalue weighted by Crippen LogP contribution is 2.25. The van der Waals surface area contributed by atoms with E-state index in [0.717, 1.165) is 0 Å². The van der Waals surface area contributed by atoms with Crippen LogP contribution in [0.15, 0.2) is 60.1 Å². The third-order valence-electron chi connectivity index (χ3n) is 2.73. The average Bonchev–Trinajstić information content (AvgIpc) is 2.28. The summed E-state index contributed by atoms with van der Waals surface area (Å²) in [4.78, 5) is 11.2. The molecule has 0 bridgehead atoms. The Morgan fingerprint density at radius 2 is 2.12 bits per heavy atom. The Morgan fingerprint density at radius 1 is 1.35 bits per heavy atom. The van der Waals surface area contributed by atoms with Crippen molar-refractivity contribution < 1.29 is 14.6 Å². The lowest BCUT2D eigenvalue weighted by molar-refractivity contribution is -0.110. The van der Waals surface area contributed by atoms with Crippen LogP contribution in [0, 0.1) is 5.92 Å². The van der Waals surface area contributed by atoms with Crippen LogP contribution in [0.3, 0.4) is 0 Å². The number of carbonyl (C=O) groups is 1. The van der Waals surface area contributed by atoms with Gasteiger partial charge in [0.2, 0.25) is 0 Å². The Bertz CT molecular complexity index is 478. The van der Waals surface area contributed by atoms with E-state index in [1.54, 1.807) is 18.2 Å². The maximum absolute atomic E-state index is 11.2. The number of aliphatic hydroxyl groups is 1. The molecule has 2 atom stereocenters. The Kier molecular flexibility index (Phi) is 3.00. The number of aliphatic hydroxyl groups excluding tert-OH is 1. The summed E-state index contributed by atoms with van der Waals surface area (Å²) in [5.74, 6) is 0.672. The third-order valence-corrected chi connectivity index (χ3v) is 2.73. The first-order valence-corrected chi connectivity index (χ1v) is 5.45. The smallest absolute Gasteiger partial charge is 0.182 e. The van der Waals surface area contributed by atoms with Crippen molar-refractivity contribution in [3.63, 3.8) is 0 Å². The molecule has 0 aromatic heterocycles. The van der Waals surface area contributed by atoms with Crippen LogP contribution in [0.25, 0.3) is 0 Å². The highest BCUT2D eigenvalue weighted by Gasteiger charge is 2.21. The van der Waals surface area contributed by atoms with Gasteiger partial charge in [-0.2, -0.15) is 0 Å². The van der Waals surface area contributed by atoms with E-state index in [9.17, 15) is 9.90 Å². The first-order valence-electron chi connectivity index (χ1n) is 5.45. The van der Waals surface area contributed by atoms with Crippen molar-refractivity contribution in [2.24, 2.45) is 5.92 Å². The van der Waals surface area contributed by atoms with Gasteiger partial charge in [0, 0.05) is 17.6 Å². The summed E-state index contributed by atoms with van der Waals surface area (Å²) in [6.45, 7) is 5.79. The van der Waals surface area contributed by atoms with E-state index in [1.807, 2.05) is 13.0 Å². The van der Waals surface area contributed by atoms with Gasteiger partial charge in [-0.05, 0) is 24.3 Å². The molecule has 88 valence electrons. The molecule has 0 heterocycles. The molecule has 17 heavy (non-hydrogen) atoms. The summed E-state index contributed by atoms with van der Waals surface area (Å²) in [6, 6.07) is 0. The molecular weight excluding hydrogens is 216 g/mol. The minimum absolute atomic E-state index is 0.111. The van der Waals surface area contributed by atoms with Gasteiger partial charge in [-0.1, -0.05) is 19.6 Å². The molecular formula is C14H14O3. The number of hydrogen-bond acceptors (Lipinski definition) is 3. The molecule has 0 aromatic rings. The number of carbonyl (C=O) groups excluding carboxylic acids is 1. The zero-order valence-electron chi connectivity index (χ0n) is 9.59. The van der Waals surface area contributed by atoms with Gasteiger partial charge in [0.1, 0.15) is 17.6 Å². The molecule has 0 aliphatic heterocycles. The Hall–Kier alpha value is -2.03. The average molecular weight is 230 g/mol. The first-order chi connectivity index (χ1) is 8.06. The summed E-state index contributed by atoms with van der Waals surface area (Å²) in [7, 11) is 0. The van der Waals surface area contributed by atoms with Crippen LogP contribution in [0.5, 0.6) is 0 Å². The highest BCUT2D eigenvalue weighted by atomic mass is 16.5. The summed E-state index contributed by atoms with van der Waals surface area (Å²) in [5.41, 5.74) is 0.666. The van der Waals surface area contributed by atoms with Gasteiger partial charge in [0.05, 0.1) is 0 Å². The largest absolute Gasteiger partial charge is 0.508 e. The molecule has 2 rings (SSSR count). The zero-order valence-corrected chi connectivity index (χ0v) is 9.59.